The van der Waals surface area contributed by atoms with E-state index in [2.05, 4.69) is 13.8 Å². The van der Waals surface area contributed by atoms with Crippen molar-refractivity contribution >= 4 is 12.0 Å². The van der Waals surface area contributed by atoms with Crippen molar-refractivity contribution in [2.24, 2.45) is 5.41 Å². The van der Waals surface area contributed by atoms with Gasteiger partial charge >= 0.3 is 12.0 Å². The summed E-state index contributed by atoms with van der Waals surface area (Å²) in [7, 11) is 1.74. The minimum atomic E-state index is -1.04. The van der Waals surface area contributed by atoms with Crippen LogP contribution >= 0.6 is 0 Å². The van der Waals surface area contributed by atoms with Gasteiger partial charge in [0.2, 0.25) is 0 Å². The van der Waals surface area contributed by atoms with E-state index in [-0.39, 0.29) is 25.0 Å². The first kappa shape index (κ1) is 16.1. The Hall–Kier alpha value is -1.30. The average Bonchev–Trinajstić information content (AvgIpc) is 2.79. The largest absolute Gasteiger partial charge is 0.480 e. The lowest BCUT2D eigenvalue weighted by Crippen LogP contribution is -2.51. The van der Waals surface area contributed by atoms with Gasteiger partial charge < -0.3 is 20.0 Å². The summed E-state index contributed by atoms with van der Waals surface area (Å²) in [5, 5.41) is 18.8. The number of aliphatic carboxylic acids is 1. The van der Waals surface area contributed by atoms with Gasteiger partial charge in [0.15, 0.2) is 0 Å². The highest BCUT2D eigenvalue weighted by Crippen LogP contribution is 2.37. The van der Waals surface area contributed by atoms with E-state index in [1.807, 2.05) is 0 Å². The van der Waals surface area contributed by atoms with Gasteiger partial charge in [-0.05, 0) is 31.1 Å². The van der Waals surface area contributed by atoms with Gasteiger partial charge in [-0.3, -0.25) is 0 Å². The normalized spacial score (nSPS) is 29.4. The van der Waals surface area contributed by atoms with Crippen LogP contribution in [0.4, 0.5) is 4.79 Å². The molecule has 0 radical (unpaired) electrons. The molecule has 1 saturated heterocycles. The number of amides is 2. The van der Waals surface area contributed by atoms with E-state index in [1.54, 1.807) is 11.9 Å². The molecule has 2 atom stereocenters. The fourth-order valence-corrected chi connectivity index (χ4v) is 3.39. The molecule has 0 aromatic rings. The molecular formula is C15H26N2O4. The lowest BCUT2D eigenvalue weighted by Gasteiger charge is -2.40. The fourth-order valence-electron chi connectivity index (χ4n) is 3.39. The first-order valence-corrected chi connectivity index (χ1v) is 7.65. The molecular weight excluding hydrogens is 272 g/mol. The van der Waals surface area contributed by atoms with Crippen molar-refractivity contribution in [3.63, 3.8) is 0 Å². The lowest BCUT2D eigenvalue weighted by atomic mass is 9.75. The van der Waals surface area contributed by atoms with E-state index in [1.165, 1.54) is 4.90 Å². The molecule has 21 heavy (non-hydrogen) atoms. The summed E-state index contributed by atoms with van der Waals surface area (Å²) in [5.41, 5.74) is 0.327. The SMILES string of the molecule is CN(C(=O)N1C[C@H](O)C[C@H]1C(=O)O)C1CCC(C)(C)CC1. The molecule has 2 rings (SSSR count). The molecule has 6 nitrogen and oxygen atoms in total. The Morgan fingerprint density at radius 3 is 2.33 bits per heavy atom. The quantitative estimate of drug-likeness (QED) is 0.810. The van der Waals surface area contributed by atoms with Gasteiger partial charge in [-0.15, -0.1) is 0 Å². The highest BCUT2D eigenvalue weighted by Gasteiger charge is 2.41. The number of carbonyl (C=O) groups excluding carboxylic acids is 1. The van der Waals surface area contributed by atoms with Crippen LogP contribution in [0.3, 0.4) is 0 Å². The maximum absolute atomic E-state index is 12.5. The summed E-state index contributed by atoms with van der Waals surface area (Å²) in [6.07, 6.45) is 3.41. The molecule has 120 valence electrons. The third-order valence-electron chi connectivity index (χ3n) is 4.97. The molecule has 0 spiro atoms. The van der Waals surface area contributed by atoms with Crippen LogP contribution in [0.15, 0.2) is 0 Å². The summed E-state index contributed by atoms with van der Waals surface area (Å²) < 4.78 is 0. The summed E-state index contributed by atoms with van der Waals surface area (Å²) in [4.78, 5) is 26.7. The third-order valence-corrected chi connectivity index (χ3v) is 4.97. The van der Waals surface area contributed by atoms with Crippen LogP contribution in [-0.4, -0.2) is 63.8 Å². The summed E-state index contributed by atoms with van der Waals surface area (Å²) >= 11 is 0. The Bertz CT molecular complexity index is 414. The second kappa shape index (κ2) is 5.83. The molecule has 2 fully saturated rings. The number of likely N-dealkylation sites (tertiary alicyclic amines) is 1. The molecule has 0 aromatic heterocycles. The highest BCUT2D eigenvalue weighted by molar-refractivity contribution is 5.83. The van der Waals surface area contributed by atoms with Crippen LogP contribution in [0.5, 0.6) is 0 Å². The van der Waals surface area contributed by atoms with Crippen LogP contribution in [0, 0.1) is 5.41 Å². The predicted octanol–water partition coefficient (Wildman–Crippen LogP) is 1.53. The number of carbonyl (C=O) groups is 2. The Labute approximate surface area is 125 Å². The Kier molecular flexibility index (Phi) is 4.46. The van der Waals surface area contributed by atoms with Crippen LogP contribution in [-0.2, 0) is 4.79 Å². The maximum atomic E-state index is 12.5. The third kappa shape index (κ3) is 3.48. The van der Waals surface area contributed by atoms with Gasteiger partial charge in [0.1, 0.15) is 6.04 Å². The molecule has 0 bridgehead atoms. The Morgan fingerprint density at radius 1 is 1.24 bits per heavy atom. The van der Waals surface area contributed by atoms with Gasteiger partial charge in [-0.1, -0.05) is 13.8 Å². The number of urea groups is 1. The van der Waals surface area contributed by atoms with Crippen LogP contribution in [0.2, 0.25) is 0 Å². The zero-order valence-electron chi connectivity index (χ0n) is 13.1. The first-order valence-electron chi connectivity index (χ1n) is 7.65. The molecule has 2 N–H and O–H groups in total. The second-order valence-corrected chi connectivity index (χ2v) is 7.18. The summed E-state index contributed by atoms with van der Waals surface area (Å²) in [6, 6.07) is -1.02. The van der Waals surface area contributed by atoms with Crippen molar-refractivity contribution in [1.29, 1.82) is 0 Å². The van der Waals surface area contributed by atoms with E-state index >= 15 is 0 Å². The lowest BCUT2D eigenvalue weighted by molar-refractivity contribution is -0.141. The number of hydrogen-bond donors (Lipinski definition) is 2. The van der Waals surface area contributed by atoms with E-state index in [0.717, 1.165) is 25.7 Å². The number of β-amino-alcohol motifs (C(OH)–C–C–N with tert-alkyl or cyclic N) is 1. The standard InChI is InChI=1S/C15H26N2O4/c1-15(2)6-4-10(5-7-15)16(3)14(21)17-9-11(18)8-12(17)13(19)20/h10-12,18H,4-9H2,1-3H3,(H,19,20)/t11-,12+/m1/s1. The molecule has 0 unspecified atom stereocenters. The van der Waals surface area contributed by atoms with Crippen LogP contribution < -0.4 is 0 Å². The summed E-state index contributed by atoms with van der Waals surface area (Å²) in [5.74, 6) is -1.04. The highest BCUT2D eigenvalue weighted by atomic mass is 16.4. The smallest absolute Gasteiger partial charge is 0.326 e. The molecule has 1 heterocycles. The van der Waals surface area contributed by atoms with Crippen molar-refractivity contribution < 1.29 is 19.8 Å². The summed E-state index contributed by atoms with van der Waals surface area (Å²) in [6.45, 7) is 4.59. The minimum absolute atomic E-state index is 0.109. The van der Waals surface area contributed by atoms with Gasteiger partial charge in [-0.25, -0.2) is 9.59 Å². The van der Waals surface area contributed by atoms with E-state index in [4.69, 9.17) is 0 Å². The molecule has 1 aliphatic heterocycles. The predicted molar refractivity (Wildman–Crippen MR) is 77.9 cm³/mol. The van der Waals surface area contributed by atoms with Crippen LogP contribution in [0.1, 0.15) is 46.0 Å². The van der Waals surface area contributed by atoms with E-state index in [9.17, 15) is 19.8 Å². The van der Waals surface area contributed by atoms with Crippen molar-refractivity contribution in [1.82, 2.24) is 9.80 Å². The van der Waals surface area contributed by atoms with Gasteiger partial charge in [0.05, 0.1) is 6.10 Å². The number of carboxylic acid groups (broad SMARTS) is 1. The van der Waals surface area contributed by atoms with Crippen molar-refractivity contribution in [3.8, 4) is 0 Å². The fraction of sp³-hybridized carbons (Fsp3) is 0.867. The number of rotatable bonds is 2. The zero-order valence-corrected chi connectivity index (χ0v) is 13.1. The maximum Gasteiger partial charge on any atom is 0.326 e. The van der Waals surface area contributed by atoms with Gasteiger partial charge in [-0.2, -0.15) is 0 Å². The average molecular weight is 298 g/mol. The number of carboxylic acids is 1. The van der Waals surface area contributed by atoms with Crippen LogP contribution in [0.25, 0.3) is 0 Å². The number of hydrogen-bond acceptors (Lipinski definition) is 3. The van der Waals surface area contributed by atoms with Gasteiger partial charge in [0.25, 0.3) is 0 Å². The molecule has 2 aliphatic rings. The van der Waals surface area contributed by atoms with E-state index in [0.29, 0.717) is 5.41 Å². The Morgan fingerprint density at radius 2 is 1.81 bits per heavy atom. The zero-order chi connectivity index (χ0) is 15.8. The molecule has 2 amide bonds. The number of aliphatic hydroxyl groups excluding tert-OH is 1. The van der Waals surface area contributed by atoms with Gasteiger partial charge in [0, 0.05) is 26.1 Å². The molecule has 1 aliphatic carbocycles. The minimum Gasteiger partial charge on any atom is -0.480 e. The van der Waals surface area contributed by atoms with Crippen molar-refractivity contribution in [2.45, 2.75) is 64.1 Å². The number of nitrogens with zero attached hydrogens (tertiary/aromatic N) is 2. The van der Waals surface area contributed by atoms with Crippen molar-refractivity contribution in [2.75, 3.05) is 13.6 Å². The number of aliphatic hydroxyl groups is 1. The molecule has 6 heteroatoms. The first-order chi connectivity index (χ1) is 9.71. The van der Waals surface area contributed by atoms with E-state index < -0.39 is 18.1 Å². The topological polar surface area (TPSA) is 81.1 Å². The monoisotopic (exact) mass is 298 g/mol. The van der Waals surface area contributed by atoms with Crippen molar-refractivity contribution in [3.05, 3.63) is 0 Å². The Balaban J connectivity index is 2.00. The second-order valence-electron chi connectivity index (χ2n) is 7.18. The molecule has 0 aromatic carbocycles. The molecule has 1 saturated carbocycles.